The third-order valence-corrected chi connectivity index (χ3v) is 4.85. The summed E-state index contributed by atoms with van der Waals surface area (Å²) in [6.45, 7) is 2.56. The Morgan fingerprint density at radius 3 is 1.79 bits per heavy atom. The fourth-order valence-electron chi connectivity index (χ4n) is 2.56. The Hall–Kier alpha value is 0.380. The third kappa shape index (κ3) is 18.7. The number of rotatable bonds is 15. The zero-order valence-electron chi connectivity index (χ0n) is 15.9. The van der Waals surface area contributed by atoms with Gasteiger partial charge < -0.3 is 9.45 Å². The number of unbranched alkanes of at least 4 members (excludes halogenated alkanes) is 9. The van der Waals surface area contributed by atoms with Gasteiger partial charge in [-0.2, -0.15) is 0 Å². The number of amides is 1. The van der Waals surface area contributed by atoms with E-state index in [1.807, 2.05) is 0 Å². The number of hydrogen-bond donors (Lipinski definition) is 0. The van der Waals surface area contributed by atoms with Crippen molar-refractivity contribution in [1.82, 2.24) is 4.90 Å². The molecular weight excluding hydrogens is 337 g/mol. The summed E-state index contributed by atoms with van der Waals surface area (Å²) in [6, 6.07) is 0. The van der Waals surface area contributed by atoms with E-state index in [9.17, 15) is 17.8 Å². The molecule has 138 valence electrons. The van der Waals surface area contributed by atoms with Crippen molar-refractivity contribution in [3.8, 4) is 0 Å². The molecule has 0 radical (unpaired) electrons. The van der Waals surface area contributed by atoms with Crippen LogP contribution in [0.2, 0.25) is 0 Å². The predicted octanol–water partition coefficient (Wildman–Crippen LogP) is 0.695. The first-order chi connectivity index (χ1) is 10.9. The average Bonchev–Trinajstić information content (AvgIpc) is 2.47. The summed E-state index contributed by atoms with van der Waals surface area (Å²) in [4.78, 5) is 13.4. The van der Waals surface area contributed by atoms with Gasteiger partial charge in [-0.25, -0.2) is 8.42 Å². The van der Waals surface area contributed by atoms with Crippen LogP contribution >= 0.6 is 0 Å². The van der Waals surface area contributed by atoms with Gasteiger partial charge >= 0.3 is 29.6 Å². The smallest absolute Gasteiger partial charge is 0.748 e. The average molecular weight is 372 g/mol. The van der Waals surface area contributed by atoms with Crippen LogP contribution in [0.25, 0.3) is 0 Å². The van der Waals surface area contributed by atoms with Gasteiger partial charge in [-0.3, -0.25) is 4.79 Å². The fourth-order valence-corrected chi connectivity index (χ4v) is 3.04. The second kappa shape index (κ2) is 16.8. The Morgan fingerprint density at radius 1 is 0.875 bits per heavy atom. The van der Waals surface area contributed by atoms with E-state index >= 15 is 0 Å². The van der Waals surface area contributed by atoms with E-state index in [1.54, 1.807) is 7.05 Å². The van der Waals surface area contributed by atoms with Gasteiger partial charge in [0.05, 0.1) is 10.1 Å². The second-order valence-corrected chi connectivity index (χ2v) is 7.89. The van der Waals surface area contributed by atoms with E-state index in [1.165, 1.54) is 56.3 Å². The Morgan fingerprint density at radius 2 is 1.33 bits per heavy atom. The van der Waals surface area contributed by atoms with Gasteiger partial charge in [0, 0.05) is 25.8 Å². The second-order valence-electron chi connectivity index (χ2n) is 6.36. The maximum absolute atomic E-state index is 11.8. The zero-order valence-corrected chi connectivity index (χ0v) is 18.7. The van der Waals surface area contributed by atoms with Crippen molar-refractivity contribution in [3.63, 3.8) is 0 Å². The topological polar surface area (TPSA) is 77.5 Å². The van der Waals surface area contributed by atoms with Crippen molar-refractivity contribution in [2.75, 3.05) is 19.3 Å². The molecule has 0 aromatic rings. The summed E-state index contributed by atoms with van der Waals surface area (Å²) in [5.74, 6) is -0.365. The maximum atomic E-state index is 11.8. The molecule has 0 saturated heterocycles. The molecule has 0 spiro atoms. The molecule has 0 aliphatic rings. The minimum absolute atomic E-state index is 0. The van der Waals surface area contributed by atoms with Crippen LogP contribution in [0.1, 0.15) is 84.0 Å². The molecule has 1 amide bonds. The van der Waals surface area contributed by atoms with E-state index in [-0.39, 0.29) is 41.9 Å². The molecule has 24 heavy (non-hydrogen) atoms. The van der Waals surface area contributed by atoms with E-state index in [0.29, 0.717) is 13.0 Å². The van der Waals surface area contributed by atoms with Gasteiger partial charge in [0.1, 0.15) is 0 Å². The van der Waals surface area contributed by atoms with Gasteiger partial charge in [0.2, 0.25) is 5.91 Å². The predicted molar refractivity (Wildman–Crippen MR) is 93.3 cm³/mol. The molecule has 0 aromatic heterocycles. The van der Waals surface area contributed by atoms with E-state index < -0.39 is 15.9 Å². The van der Waals surface area contributed by atoms with Gasteiger partial charge in [-0.05, 0) is 12.8 Å². The van der Waals surface area contributed by atoms with E-state index in [2.05, 4.69) is 6.92 Å². The molecule has 0 fully saturated rings. The molecule has 7 heteroatoms. The van der Waals surface area contributed by atoms with Crippen molar-refractivity contribution in [1.29, 1.82) is 0 Å². The molecule has 0 aliphatic carbocycles. The molecule has 0 rings (SSSR count). The third-order valence-electron chi connectivity index (χ3n) is 4.06. The summed E-state index contributed by atoms with van der Waals surface area (Å²) in [6.07, 6.45) is 13.1. The zero-order chi connectivity index (χ0) is 17.6. The van der Waals surface area contributed by atoms with Crippen LogP contribution in [-0.2, 0) is 14.9 Å². The molecule has 5 nitrogen and oxygen atoms in total. The molecule has 0 bridgehead atoms. The monoisotopic (exact) mass is 371 g/mol. The first-order valence-electron chi connectivity index (χ1n) is 9.04. The minimum atomic E-state index is -4.17. The number of nitrogens with zero attached hydrogens (tertiary/aromatic N) is 1. The molecule has 0 unspecified atom stereocenters. The van der Waals surface area contributed by atoms with Crippen LogP contribution in [0.5, 0.6) is 0 Å². The Balaban J connectivity index is 0. The number of carbonyl (C=O) groups excluding carboxylic acids is 1. The standard InChI is InChI=1S/C17H35NO4S.Na/c1-3-4-5-6-7-8-9-10-11-12-14-17(19)18(2)15-13-16-23(20,21)22;/h3-16H2,1-2H3,(H,20,21,22);/q;+1/p-1. The van der Waals surface area contributed by atoms with Gasteiger partial charge in [0.25, 0.3) is 0 Å². The molecule has 0 heterocycles. The largest absolute Gasteiger partial charge is 1.00 e. The van der Waals surface area contributed by atoms with Crippen LogP contribution in [0, 0.1) is 0 Å². The van der Waals surface area contributed by atoms with Crippen molar-refractivity contribution >= 4 is 16.0 Å². The molecule has 0 saturated carbocycles. The first-order valence-corrected chi connectivity index (χ1v) is 10.6. The molecule has 0 atom stereocenters. The minimum Gasteiger partial charge on any atom is -0.748 e. The summed E-state index contributed by atoms with van der Waals surface area (Å²) in [5.41, 5.74) is 0. The van der Waals surface area contributed by atoms with Crippen molar-refractivity contribution in [2.24, 2.45) is 0 Å². The Bertz CT molecular complexity index is 401. The van der Waals surface area contributed by atoms with Crippen molar-refractivity contribution < 1.29 is 47.3 Å². The van der Waals surface area contributed by atoms with Gasteiger partial charge in [-0.15, -0.1) is 0 Å². The molecule has 0 N–H and O–H groups in total. The summed E-state index contributed by atoms with van der Waals surface area (Å²) >= 11 is 0. The molecule has 0 aliphatic heterocycles. The number of hydrogen-bond acceptors (Lipinski definition) is 4. The molecule has 0 aromatic carbocycles. The summed E-state index contributed by atoms with van der Waals surface area (Å²) in [7, 11) is -2.51. The van der Waals surface area contributed by atoms with Crippen LogP contribution in [0.3, 0.4) is 0 Å². The normalized spacial score (nSPS) is 11.1. The van der Waals surface area contributed by atoms with Crippen LogP contribution in [0.15, 0.2) is 0 Å². The van der Waals surface area contributed by atoms with E-state index in [0.717, 1.165) is 12.8 Å². The van der Waals surface area contributed by atoms with Gasteiger partial charge in [-0.1, -0.05) is 64.7 Å². The van der Waals surface area contributed by atoms with Gasteiger partial charge in [0.15, 0.2) is 0 Å². The van der Waals surface area contributed by atoms with Crippen LogP contribution < -0.4 is 29.6 Å². The summed E-state index contributed by atoms with van der Waals surface area (Å²) in [5, 5.41) is 0. The fraction of sp³-hybridized carbons (Fsp3) is 0.941. The van der Waals surface area contributed by atoms with Crippen molar-refractivity contribution in [3.05, 3.63) is 0 Å². The quantitative estimate of drug-likeness (QED) is 0.241. The Labute approximate surface area is 171 Å². The first kappa shape index (κ1) is 26.6. The Kier molecular flexibility index (Phi) is 18.7. The van der Waals surface area contributed by atoms with Crippen molar-refractivity contribution in [2.45, 2.75) is 84.0 Å². The van der Waals surface area contributed by atoms with Crippen LogP contribution in [0.4, 0.5) is 0 Å². The maximum Gasteiger partial charge on any atom is 1.00 e. The summed E-state index contributed by atoms with van der Waals surface area (Å²) < 4.78 is 31.5. The number of carbonyl (C=O) groups is 1. The van der Waals surface area contributed by atoms with Crippen LogP contribution in [-0.4, -0.2) is 43.1 Å². The molecular formula is C17H34NNaO4S. The van der Waals surface area contributed by atoms with E-state index in [4.69, 9.17) is 0 Å². The SMILES string of the molecule is CCCCCCCCCCCCC(=O)N(C)CCCS(=O)(=O)[O-].[Na+].